The molecular weight excluding hydrogens is 240 g/mol. The molecule has 0 aliphatic heterocycles. The molecule has 16 heavy (non-hydrogen) atoms. The van der Waals surface area contributed by atoms with Crippen LogP contribution in [0.15, 0.2) is 0 Å². The second-order valence-corrected chi connectivity index (χ2v) is 14.3. The van der Waals surface area contributed by atoms with Crippen molar-refractivity contribution in [2.75, 3.05) is 0 Å². The van der Waals surface area contributed by atoms with Gasteiger partial charge in [-0.2, -0.15) is 0 Å². The molecule has 6 heteroatoms. The van der Waals surface area contributed by atoms with Crippen LogP contribution in [0.1, 0.15) is 13.8 Å². The summed E-state index contributed by atoms with van der Waals surface area (Å²) in [7, 11) is -3.14. The van der Waals surface area contributed by atoms with Crippen LogP contribution in [-0.4, -0.2) is 28.6 Å². The van der Waals surface area contributed by atoms with Gasteiger partial charge < -0.3 is 8.85 Å². The number of carbonyl (C=O) groups is 2. The Bertz CT molecular complexity index is 212. The molecule has 0 atom stereocenters. The van der Waals surface area contributed by atoms with Crippen molar-refractivity contribution in [3.63, 3.8) is 0 Å². The Labute approximate surface area is 101 Å². The van der Waals surface area contributed by atoms with Crippen molar-refractivity contribution < 1.29 is 18.4 Å². The number of carbonyl (C=O) groups excluding carboxylic acids is 2. The van der Waals surface area contributed by atoms with Crippen LogP contribution in [0, 0.1) is 0 Å². The molecule has 0 aromatic carbocycles. The van der Waals surface area contributed by atoms with Gasteiger partial charge in [0.25, 0.3) is 11.9 Å². The highest BCUT2D eigenvalue weighted by Gasteiger charge is 2.17. The molecule has 0 rings (SSSR count). The molecule has 0 amide bonds. The molecule has 0 fully saturated rings. The molecule has 0 bridgehead atoms. The third kappa shape index (κ3) is 23.3. The minimum atomic E-state index is -1.57. The van der Waals surface area contributed by atoms with Gasteiger partial charge in [-0.05, 0) is 39.3 Å². The SMILES string of the molecule is CC(=O)O[Si](C)(C)C.CC(=O)O[Si](C)(C)C. The van der Waals surface area contributed by atoms with Crippen LogP contribution >= 0.6 is 0 Å². The van der Waals surface area contributed by atoms with Crippen molar-refractivity contribution in [1.82, 2.24) is 0 Å². The minimum Gasteiger partial charge on any atom is -0.520 e. The van der Waals surface area contributed by atoms with Gasteiger partial charge in [-0.25, -0.2) is 0 Å². The predicted octanol–water partition coefficient (Wildman–Crippen LogP) is 2.77. The van der Waals surface area contributed by atoms with Crippen molar-refractivity contribution in [2.45, 2.75) is 53.1 Å². The van der Waals surface area contributed by atoms with Crippen molar-refractivity contribution in [2.24, 2.45) is 0 Å². The van der Waals surface area contributed by atoms with E-state index in [0.29, 0.717) is 0 Å². The summed E-state index contributed by atoms with van der Waals surface area (Å²) in [5.41, 5.74) is 0. The van der Waals surface area contributed by atoms with E-state index in [0.717, 1.165) is 0 Å². The highest BCUT2D eigenvalue weighted by Crippen LogP contribution is 2.01. The number of hydrogen-bond acceptors (Lipinski definition) is 4. The summed E-state index contributed by atoms with van der Waals surface area (Å²) < 4.78 is 9.88. The van der Waals surface area contributed by atoms with Gasteiger partial charge in [-0.1, -0.05) is 0 Å². The Kier molecular flexibility index (Phi) is 7.60. The molecule has 0 aliphatic carbocycles. The van der Waals surface area contributed by atoms with Gasteiger partial charge in [0.2, 0.25) is 16.6 Å². The number of hydrogen-bond donors (Lipinski definition) is 0. The zero-order chi connectivity index (χ0) is 13.6. The summed E-state index contributed by atoms with van der Waals surface area (Å²) in [6.45, 7) is 14.8. The van der Waals surface area contributed by atoms with E-state index >= 15 is 0 Å². The lowest BCUT2D eigenvalue weighted by Crippen LogP contribution is -2.27. The average Bonchev–Trinajstić information content (AvgIpc) is 1.72. The molecule has 0 aliphatic rings. The Morgan fingerprint density at radius 3 is 0.875 bits per heavy atom. The zero-order valence-corrected chi connectivity index (χ0v) is 13.6. The van der Waals surface area contributed by atoms with Crippen LogP contribution < -0.4 is 0 Å². The summed E-state index contributed by atoms with van der Waals surface area (Å²) >= 11 is 0. The quantitative estimate of drug-likeness (QED) is 0.720. The molecule has 0 heterocycles. The van der Waals surface area contributed by atoms with Crippen molar-refractivity contribution in [3.8, 4) is 0 Å². The van der Waals surface area contributed by atoms with Gasteiger partial charge in [-0.3, -0.25) is 9.59 Å². The third-order valence-electron chi connectivity index (χ3n) is 0.900. The molecule has 4 nitrogen and oxygen atoms in total. The van der Waals surface area contributed by atoms with E-state index in [1.807, 2.05) is 39.3 Å². The Hall–Kier alpha value is -0.626. The lowest BCUT2D eigenvalue weighted by molar-refractivity contribution is -0.133. The lowest BCUT2D eigenvalue weighted by atomic mass is 10.9. The van der Waals surface area contributed by atoms with Crippen LogP contribution in [0.25, 0.3) is 0 Å². The maximum Gasteiger partial charge on any atom is 0.289 e. The van der Waals surface area contributed by atoms with E-state index in [1.165, 1.54) is 13.8 Å². The Balaban J connectivity index is 0. The van der Waals surface area contributed by atoms with E-state index < -0.39 is 16.6 Å². The highest BCUT2D eigenvalue weighted by atomic mass is 28.4. The van der Waals surface area contributed by atoms with Gasteiger partial charge in [0.1, 0.15) is 0 Å². The first-order chi connectivity index (χ1) is 6.83. The van der Waals surface area contributed by atoms with Crippen LogP contribution in [0.4, 0.5) is 0 Å². The maximum absolute atomic E-state index is 10.3. The summed E-state index contributed by atoms with van der Waals surface area (Å²) in [6, 6.07) is 0. The second kappa shape index (κ2) is 6.85. The fourth-order valence-corrected chi connectivity index (χ4v) is 2.59. The normalized spacial score (nSPS) is 11.0. The molecule has 0 aromatic rings. The van der Waals surface area contributed by atoms with Crippen molar-refractivity contribution >= 4 is 28.6 Å². The van der Waals surface area contributed by atoms with Crippen molar-refractivity contribution in [3.05, 3.63) is 0 Å². The van der Waals surface area contributed by atoms with Crippen LogP contribution in [-0.2, 0) is 18.4 Å². The van der Waals surface area contributed by atoms with Crippen LogP contribution in [0.3, 0.4) is 0 Å². The summed E-state index contributed by atoms with van der Waals surface area (Å²) in [6.07, 6.45) is 0. The maximum atomic E-state index is 10.3. The van der Waals surface area contributed by atoms with Gasteiger partial charge in [0.15, 0.2) is 0 Å². The summed E-state index contributed by atoms with van der Waals surface area (Å²) in [5, 5.41) is 0. The van der Waals surface area contributed by atoms with Crippen LogP contribution in [0.5, 0.6) is 0 Å². The molecular formula is C10H24O4Si2. The number of rotatable bonds is 2. The topological polar surface area (TPSA) is 52.6 Å². The molecule has 0 unspecified atom stereocenters. The predicted molar refractivity (Wildman–Crippen MR) is 70.2 cm³/mol. The Morgan fingerprint density at radius 2 is 0.875 bits per heavy atom. The fraction of sp³-hybridized carbons (Fsp3) is 0.800. The molecule has 0 saturated carbocycles. The third-order valence-corrected chi connectivity index (χ3v) is 2.70. The molecule has 0 aromatic heterocycles. The van der Waals surface area contributed by atoms with E-state index in [1.54, 1.807) is 0 Å². The van der Waals surface area contributed by atoms with Gasteiger partial charge in [0.05, 0.1) is 0 Å². The summed E-state index contributed by atoms with van der Waals surface area (Å²) in [4.78, 5) is 20.5. The molecule has 0 saturated heterocycles. The second-order valence-electron chi connectivity index (χ2n) is 5.41. The zero-order valence-electron chi connectivity index (χ0n) is 11.6. The van der Waals surface area contributed by atoms with E-state index in [-0.39, 0.29) is 11.9 Å². The Morgan fingerprint density at radius 1 is 0.688 bits per heavy atom. The fourth-order valence-electron chi connectivity index (χ4n) is 0.862. The van der Waals surface area contributed by atoms with Gasteiger partial charge >= 0.3 is 0 Å². The molecule has 96 valence electrons. The van der Waals surface area contributed by atoms with Gasteiger partial charge in [0, 0.05) is 13.8 Å². The highest BCUT2D eigenvalue weighted by molar-refractivity contribution is 6.71. The van der Waals surface area contributed by atoms with Crippen LogP contribution in [0.2, 0.25) is 39.3 Å². The first kappa shape index (κ1) is 17.8. The standard InChI is InChI=1S/2C5H12O2Si/c2*1-5(6)7-8(2,3)4/h2*1-4H3. The largest absolute Gasteiger partial charge is 0.520 e. The molecule has 0 radical (unpaired) electrons. The first-order valence-corrected chi connectivity index (χ1v) is 12.0. The van der Waals surface area contributed by atoms with E-state index in [4.69, 9.17) is 8.85 Å². The smallest absolute Gasteiger partial charge is 0.289 e. The molecule has 0 N–H and O–H groups in total. The van der Waals surface area contributed by atoms with E-state index in [2.05, 4.69) is 0 Å². The van der Waals surface area contributed by atoms with Gasteiger partial charge in [-0.15, -0.1) is 0 Å². The van der Waals surface area contributed by atoms with E-state index in [9.17, 15) is 9.59 Å². The minimum absolute atomic E-state index is 0.163. The lowest BCUT2D eigenvalue weighted by Gasteiger charge is -2.14. The summed E-state index contributed by atoms with van der Waals surface area (Å²) in [5.74, 6) is -0.326. The first-order valence-electron chi connectivity index (χ1n) is 5.22. The average molecular weight is 264 g/mol. The van der Waals surface area contributed by atoms with Crippen molar-refractivity contribution in [1.29, 1.82) is 0 Å². The monoisotopic (exact) mass is 264 g/mol. The molecule has 0 spiro atoms.